The van der Waals surface area contributed by atoms with Gasteiger partial charge in [-0.2, -0.15) is 0 Å². The van der Waals surface area contributed by atoms with Crippen molar-refractivity contribution in [2.45, 2.75) is 13.5 Å². The number of hydrogen-bond donors (Lipinski definition) is 1. The Morgan fingerprint density at radius 1 is 1.14 bits per heavy atom. The zero-order valence-electron chi connectivity index (χ0n) is 11.6. The fraction of sp³-hybridized carbons (Fsp3) is 0.125. The van der Waals surface area contributed by atoms with Gasteiger partial charge in [0, 0.05) is 17.1 Å². The number of benzene rings is 2. The fourth-order valence-corrected chi connectivity index (χ4v) is 2.40. The molecule has 0 spiro atoms. The number of halogens is 1. The standard InChI is InChI=1S/C16H15ClN4/c1-11-7-8-13(9-14(11)17)21-16(15(10-18)19-20-21)12-5-3-2-4-6-12/h2-9H,10,18H2,1H3. The lowest BCUT2D eigenvalue weighted by Gasteiger charge is -2.09. The highest BCUT2D eigenvalue weighted by atomic mass is 35.5. The molecule has 21 heavy (non-hydrogen) atoms. The van der Waals surface area contributed by atoms with Gasteiger partial charge in [-0.1, -0.05) is 53.2 Å². The van der Waals surface area contributed by atoms with Gasteiger partial charge in [-0.05, 0) is 24.6 Å². The topological polar surface area (TPSA) is 56.7 Å². The first-order valence-corrected chi connectivity index (χ1v) is 7.05. The molecule has 5 heteroatoms. The molecule has 3 aromatic rings. The summed E-state index contributed by atoms with van der Waals surface area (Å²) in [5.41, 5.74) is 10.4. The van der Waals surface area contributed by atoms with Crippen LogP contribution in [-0.2, 0) is 6.54 Å². The van der Waals surface area contributed by atoms with Crippen LogP contribution < -0.4 is 5.73 Å². The van der Waals surface area contributed by atoms with E-state index in [-0.39, 0.29) is 0 Å². The van der Waals surface area contributed by atoms with Crippen LogP contribution in [0.4, 0.5) is 0 Å². The molecule has 3 rings (SSSR count). The minimum Gasteiger partial charge on any atom is -0.325 e. The maximum Gasteiger partial charge on any atom is 0.105 e. The van der Waals surface area contributed by atoms with E-state index >= 15 is 0 Å². The Morgan fingerprint density at radius 3 is 2.57 bits per heavy atom. The van der Waals surface area contributed by atoms with Gasteiger partial charge in [0.15, 0.2) is 0 Å². The van der Waals surface area contributed by atoms with Crippen LogP contribution >= 0.6 is 11.6 Å². The van der Waals surface area contributed by atoms with Crippen LogP contribution in [-0.4, -0.2) is 15.0 Å². The third-order valence-corrected chi connectivity index (χ3v) is 3.79. The zero-order valence-corrected chi connectivity index (χ0v) is 12.4. The van der Waals surface area contributed by atoms with Crippen LogP contribution in [0.3, 0.4) is 0 Å². The molecule has 1 aromatic heterocycles. The van der Waals surface area contributed by atoms with Crippen LogP contribution in [0.5, 0.6) is 0 Å². The van der Waals surface area contributed by atoms with E-state index in [1.54, 1.807) is 4.68 Å². The Labute approximate surface area is 128 Å². The maximum absolute atomic E-state index is 6.22. The summed E-state index contributed by atoms with van der Waals surface area (Å²) in [5.74, 6) is 0. The number of nitrogens with two attached hydrogens (primary N) is 1. The molecule has 0 unspecified atom stereocenters. The third-order valence-electron chi connectivity index (χ3n) is 3.38. The molecule has 2 aromatic carbocycles. The van der Waals surface area contributed by atoms with Crippen molar-refractivity contribution in [2.75, 3.05) is 0 Å². The molecule has 0 bridgehead atoms. The summed E-state index contributed by atoms with van der Waals surface area (Å²) in [6.45, 7) is 2.31. The summed E-state index contributed by atoms with van der Waals surface area (Å²) in [7, 11) is 0. The Hall–Kier alpha value is -2.17. The molecule has 0 saturated carbocycles. The van der Waals surface area contributed by atoms with Crippen molar-refractivity contribution in [1.29, 1.82) is 0 Å². The molecule has 0 fully saturated rings. The Bertz CT molecular complexity index is 765. The largest absolute Gasteiger partial charge is 0.325 e. The van der Waals surface area contributed by atoms with E-state index < -0.39 is 0 Å². The van der Waals surface area contributed by atoms with Crippen LogP contribution in [0.2, 0.25) is 5.02 Å². The summed E-state index contributed by atoms with van der Waals surface area (Å²) < 4.78 is 1.78. The summed E-state index contributed by atoms with van der Waals surface area (Å²) >= 11 is 6.22. The van der Waals surface area contributed by atoms with Gasteiger partial charge < -0.3 is 5.73 Å². The van der Waals surface area contributed by atoms with Gasteiger partial charge in [0.1, 0.15) is 5.69 Å². The molecular formula is C16H15ClN4. The Balaban J connectivity index is 2.20. The van der Waals surface area contributed by atoms with Gasteiger partial charge in [-0.25, -0.2) is 4.68 Å². The van der Waals surface area contributed by atoms with Gasteiger partial charge in [-0.3, -0.25) is 0 Å². The van der Waals surface area contributed by atoms with Crippen molar-refractivity contribution in [3.8, 4) is 16.9 Å². The van der Waals surface area contributed by atoms with Crippen molar-refractivity contribution >= 4 is 11.6 Å². The highest BCUT2D eigenvalue weighted by molar-refractivity contribution is 6.31. The average molecular weight is 299 g/mol. The van der Waals surface area contributed by atoms with Crippen molar-refractivity contribution < 1.29 is 0 Å². The Morgan fingerprint density at radius 2 is 1.90 bits per heavy atom. The summed E-state index contributed by atoms with van der Waals surface area (Å²) in [6.07, 6.45) is 0. The van der Waals surface area contributed by atoms with Crippen LogP contribution in [0, 0.1) is 6.92 Å². The average Bonchev–Trinajstić information content (AvgIpc) is 2.95. The lowest BCUT2D eigenvalue weighted by atomic mass is 10.1. The minimum atomic E-state index is 0.337. The highest BCUT2D eigenvalue weighted by Crippen LogP contribution is 2.27. The fourth-order valence-electron chi connectivity index (χ4n) is 2.23. The summed E-state index contributed by atoms with van der Waals surface area (Å²) in [5, 5.41) is 9.12. The lowest BCUT2D eigenvalue weighted by molar-refractivity contribution is 0.799. The van der Waals surface area contributed by atoms with E-state index in [1.807, 2.05) is 55.5 Å². The molecular weight excluding hydrogens is 284 g/mol. The van der Waals surface area contributed by atoms with E-state index in [0.29, 0.717) is 11.6 Å². The van der Waals surface area contributed by atoms with Crippen LogP contribution in [0.15, 0.2) is 48.5 Å². The van der Waals surface area contributed by atoms with Crippen molar-refractivity contribution in [3.63, 3.8) is 0 Å². The predicted molar refractivity (Wildman–Crippen MR) is 84.4 cm³/mol. The normalized spacial score (nSPS) is 10.8. The van der Waals surface area contributed by atoms with Gasteiger partial charge in [0.05, 0.1) is 11.4 Å². The van der Waals surface area contributed by atoms with Gasteiger partial charge in [0.25, 0.3) is 0 Å². The van der Waals surface area contributed by atoms with Crippen molar-refractivity contribution in [2.24, 2.45) is 5.73 Å². The van der Waals surface area contributed by atoms with E-state index in [1.165, 1.54) is 0 Å². The van der Waals surface area contributed by atoms with E-state index in [9.17, 15) is 0 Å². The molecule has 0 aliphatic rings. The van der Waals surface area contributed by atoms with Crippen LogP contribution in [0.25, 0.3) is 16.9 Å². The molecule has 0 aliphatic carbocycles. The second-order valence-corrected chi connectivity index (χ2v) is 5.21. The minimum absolute atomic E-state index is 0.337. The number of rotatable bonds is 3. The number of aromatic nitrogens is 3. The molecule has 1 heterocycles. The Kier molecular flexibility index (Phi) is 3.73. The third kappa shape index (κ3) is 2.55. The van der Waals surface area contributed by atoms with Crippen molar-refractivity contribution in [3.05, 3.63) is 64.8 Å². The second-order valence-electron chi connectivity index (χ2n) is 4.80. The summed E-state index contributed by atoms with van der Waals surface area (Å²) in [4.78, 5) is 0. The maximum atomic E-state index is 6.22. The van der Waals surface area contributed by atoms with Crippen LogP contribution in [0.1, 0.15) is 11.3 Å². The lowest BCUT2D eigenvalue weighted by Crippen LogP contribution is -2.02. The molecule has 0 amide bonds. The monoisotopic (exact) mass is 298 g/mol. The SMILES string of the molecule is Cc1ccc(-n2nnc(CN)c2-c2ccccc2)cc1Cl. The van der Waals surface area contributed by atoms with E-state index in [2.05, 4.69) is 10.3 Å². The highest BCUT2D eigenvalue weighted by Gasteiger charge is 2.15. The number of hydrogen-bond acceptors (Lipinski definition) is 3. The van der Waals surface area contributed by atoms with Gasteiger partial charge in [-0.15, -0.1) is 5.10 Å². The number of nitrogens with zero attached hydrogens (tertiary/aromatic N) is 3. The van der Waals surface area contributed by atoms with Gasteiger partial charge in [0.2, 0.25) is 0 Å². The first-order valence-electron chi connectivity index (χ1n) is 6.67. The molecule has 0 aliphatic heterocycles. The van der Waals surface area contributed by atoms with Crippen molar-refractivity contribution in [1.82, 2.24) is 15.0 Å². The van der Waals surface area contributed by atoms with E-state index in [0.717, 1.165) is 28.2 Å². The molecule has 106 valence electrons. The molecule has 0 saturated heterocycles. The first kappa shape index (κ1) is 13.8. The smallest absolute Gasteiger partial charge is 0.105 e. The van der Waals surface area contributed by atoms with Gasteiger partial charge >= 0.3 is 0 Å². The van der Waals surface area contributed by atoms with E-state index in [4.69, 9.17) is 17.3 Å². The quantitative estimate of drug-likeness (QED) is 0.806. The number of aryl methyl sites for hydroxylation is 1. The molecule has 2 N–H and O–H groups in total. The molecule has 4 nitrogen and oxygen atoms in total. The second kappa shape index (κ2) is 5.68. The molecule has 0 atom stereocenters. The first-order chi connectivity index (χ1) is 10.2. The molecule has 0 radical (unpaired) electrons. The zero-order chi connectivity index (χ0) is 14.8. The predicted octanol–water partition coefficient (Wildman–Crippen LogP) is 3.35. The summed E-state index contributed by atoms with van der Waals surface area (Å²) in [6, 6.07) is 15.8.